The molecule has 1 unspecified atom stereocenters. The molecule has 0 saturated carbocycles. The molecule has 2 nitrogen and oxygen atoms in total. The molecule has 0 aliphatic carbocycles. The molecule has 1 aromatic rings. The summed E-state index contributed by atoms with van der Waals surface area (Å²) in [4.78, 5) is 0. The molecule has 14 heavy (non-hydrogen) atoms. The molecule has 0 fully saturated rings. The summed E-state index contributed by atoms with van der Waals surface area (Å²) >= 11 is 0. The maximum absolute atomic E-state index is 9.09. The van der Waals surface area contributed by atoms with E-state index in [1.165, 1.54) is 11.1 Å². The normalized spacial score (nSPS) is 15.1. The second kappa shape index (κ2) is 4.58. The highest BCUT2D eigenvalue weighted by Crippen LogP contribution is 2.15. The molecule has 0 radical (unpaired) electrons. The van der Waals surface area contributed by atoms with E-state index in [2.05, 4.69) is 19.1 Å². The Morgan fingerprint density at radius 2 is 1.86 bits per heavy atom. The zero-order valence-electron chi connectivity index (χ0n) is 8.96. The fourth-order valence-electron chi connectivity index (χ4n) is 1.57. The van der Waals surface area contributed by atoms with Gasteiger partial charge in [0.1, 0.15) is 0 Å². The number of hydrogen-bond donors (Lipinski definition) is 2. The predicted octanol–water partition coefficient (Wildman–Crippen LogP) is 1.50. The molecule has 0 heterocycles. The lowest BCUT2D eigenvalue weighted by molar-refractivity contribution is 0.208. The van der Waals surface area contributed by atoms with Crippen LogP contribution in [0.1, 0.15) is 25.0 Å². The van der Waals surface area contributed by atoms with Gasteiger partial charge in [-0.15, -0.1) is 0 Å². The van der Waals surface area contributed by atoms with Gasteiger partial charge in [0.2, 0.25) is 0 Å². The molecule has 1 rings (SSSR count). The molecule has 3 N–H and O–H groups in total. The highest BCUT2D eigenvalue weighted by molar-refractivity contribution is 5.28. The van der Waals surface area contributed by atoms with E-state index >= 15 is 0 Å². The molecule has 1 atom stereocenters. The van der Waals surface area contributed by atoms with Crippen LogP contribution < -0.4 is 5.73 Å². The first-order valence-electron chi connectivity index (χ1n) is 5.05. The lowest BCUT2D eigenvalue weighted by atomic mass is 9.91. The first-order valence-corrected chi connectivity index (χ1v) is 5.05. The fourth-order valence-corrected chi connectivity index (χ4v) is 1.57. The number of hydrogen-bond acceptors (Lipinski definition) is 2. The third kappa shape index (κ3) is 2.82. The molecule has 2 heteroatoms. The van der Waals surface area contributed by atoms with Crippen molar-refractivity contribution in [2.75, 3.05) is 6.61 Å². The van der Waals surface area contributed by atoms with Gasteiger partial charge in [-0.3, -0.25) is 0 Å². The van der Waals surface area contributed by atoms with Crippen LogP contribution in [0.15, 0.2) is 24.3 Å². The van der Waals surface area contributed by atoms with Crippen molar-refractivity contribution in [3.63, 3.8) is 0 Å². The van der Waals surface area contributed by atoms with E-state index in [1.54, 1.807) is 0 Å². The highest BCUT2D eigenvalue weighted by atomic mass is 16.3. The number of aliphatic hydroxyl groups excluding tert-OH is 1. The summed E-state index contributed by atoms with van der Waals surface area (Å²) < 4.78 is 0. The third-order valence-electron chi connectivity index (χ3n) is 2.45. The summed E-state index contributed by atoms with van der Waals surface area (Å²) in [5.74, 6) is 0. The Morgan fingerprint density at radius 3 is 2.36 bits per heavy atom. The summed E-state index contributed by atoms with van der Waals surface area (Å²) in [6, 6.07) is 8.25. The van der Waals surface area contributed by atoms with Crippen molar-refractivity contribution < 1.29 is 5.11 Å². The molecular formula is C12H19NO. The summed E-state index contributed by atoms with van der Waals surface area (Å²) in [5, 5.41) is 9.09. The van der Waals surface area contributed by atoms with E-state index in [-0.39, 0.29) is 6.61 Å². The van der Waals surface area contributed by atoms with Crippen LogP contribution in [-0.2, 0) is 12.8 Å². The van der Waals surface area contributed by atoms with Crippen LogP contribution >= 0.6 is 0 Å². The van der Waals surface area contributed by atoms with Crippen molar-refractivity contribution in [1.82, 2.24) is 0 Å². The molecular weight excluding hydrogens is 174 g/mol. The molecule has 0 saturated heterocycles. The van der Waals surface area contributed by atoms with Crippen molar-refractivity contribution in [2.45, 2.75) is 32.2 Å². The molecule has 78 valence electrons. The minimum Gasteiger partial charge on any atom is -0.394 e. The zero-order valence-corrected chi connectivity index (χ0v) is 8.96. The van der Waals surface area contributed by atoms with E-state index < -0.39 is 5.54 Å². The Bertz CT molecular complexity index is 294. The average Bonchev–Trinajstić information content (AvgIpc) is 2.18. The number of aryl methyl sites for hydroxylation is 1. The topological polar surface area (TPSA) is 46.2 Å². The third-order valence-corrected chi connectivity index (χ3v) is 2.45. The van der Waals surface area contributed by atoms with Crippen molar-refractivity contribution >= 4 is 0 Å². The van der Waals surface area contributed by atoms with Crippen molar-refractivity contribution in [3.8, 4) is 0 Å². The molecule has 0 bridgehead atoms. The van der Waals surface area contributed by atoms with Gasteiger partial charge in [-0.25, -0.2) is 0 Å². The van der Waals surface area contributed by atoms with Gasteiger partial charge >= 0.3 is 0 Å². The van der Waals surface area contributed by atoms with E-state index in [4.69, 9.17) is 10.8 Å². The minimum atomic E-state index is -0.509. The van der Waals surface area contributed by atoms with E-state index in [0.29, 0.717) is 0 Å². The first kappa shape index (κ1) is 11.2. The van der Waals surface area contributed by atoms with E-state index in [9.17, 15) is 0 Å². The standard InChI is InChI=1S/C12H19NO/c1-3-10-6-4-5-7-11(10)8-12(2,13)9-14/h4-7,14H,3,8-9,13H2,1-2H3. The Labute approximate surface area is 85.8 Å². The van der Waals surface area contributed by atoms with Crippen LogP contribution in [0.3, 0.4) is 0 Å². The predicted molar refractivity (Wildman–Crippen MR) is 59.2 cm³/mol. The molecule has 1 aromatic carbocycles. The van der Waals surface area contributed by atoms with Gasteiger partial charge in [0.05, 0.1) is 6.61 Å². The number of nitrogens with two attached hydrogens (primary N) is 1. The van der Waals surface area contributed by atoms with Crippen molar-refractivity contribution in [3.05, 3.63) is 35.4 Å². The van der Waals surface area contributed by atoms with Gasteiger partial charge < -0.3 is 10.8 Å². The summed E-state index contributed by atoms with van der Waals surface area (Å²) in [6.45, 7) is 4.02. The van der Waals surface area contributed by atoms with Gasteiger partial charge in [-0.1, -0.05) is 31.2 Å². The van der Waals surface area contributed by atoms with Crippen molar-refractivity contribution in [1.29, 1.82) is 0 Å². The maximum Gasteiger partial charge on any atom is 0.0611 e. The van der Waals surface area contributed by atoms with Gasteiger partial charge in [0.25, 0.3) is 0 Å². The van der Waals surface area contributed by atoms with Crippen LogP contribution in [-0.4, -0.2) is 17.3 Å². The number of benzene rings is 1. The minimum absolute atomic E-state index is 0.0189. The van der Waals surface area contributed by atoms with Crippen molar-refractivity contribution in [2.24, 2.45) is 5.73 Å². The lowest BCUT2D eigenvalue weighted by Crippen LogP contribution is -2.42. The monoisotopic (exact) mass is 193 g/mol. The van der Waals surface area contributed by atoms with Crippen LogP contribution in [0.2, 0.25) is 0 Å². The molecule has 0 aromatic heterocycles. The van der Waals surface area contributed by atoms with E-state index in [1.807, 2.05) is 19.1 Å². The zero-order chi connectivity index (χ0) is 10.6. The Kier molecular flexibility index (Phi) is 3.67. The first-order chi connectivity index (χ1) is 6.59. The SMILES string of the molecule is CCc1ccccc1CC(C)(N)CO. The summed E-state index contributed by atoms with van der Waals surface area (Å²) in [5.41, 5.74) is 7.97. The van der Waals surface area contributed by atoms with Crippen LogP contribution in [0.5, 0.6) is 0 Å². The quantitative estimate of drug-likeness (QED) is 0.761. The highest BCUT2D eigenvalue weighted by Gasteiger charge is 2.18. The van der Waals surface area contributed by atoms with Crippen LogP contribution in [0.4, 0.5) is 0 Å². The van der Waals surface area contributed by atoms with Gasteiger partial charge in [0, 0.05) is 5.54 Å². The van der Waals surface area contributed by atoms with E-state index in [0.717, 1.165) is 12.8 Å². The number of aliphatic hydroxyl groups is 1. The second-order valence-electron chi connectivity index (χ2n) is 4.11. The maximum atomic E-state index is 9.09. The van der Waals surface area contributed by atoms with Gasteiger partial charge in [-0.05, 0) is 30.9 Å². The molecule has 0 aliphatic rings. The van der Waals surface area contributed by atoms with Gasteiger partial charge in [0.15, 0.2) is 0 Å². The molecule has 0 spiro atoms. The van der Waals surface area contributed by atoms with Gasteiger partial charge in [-0.2, -0.15) is 0 Å². The smallest absolute Gasteiger partial charge is 0.0611 e. The van der Waals surface area contributed by atoms with Crippen LogP contribution in [0.25, 0.3) is 0 Å². The second-order valence-corrected chi connectivity index (χ2v) is 4.11. The Hall–Kier alpha value is -0.860. The fraction of sp³-hybridized carbons (Fsp3) is 0.500. The molecule has 0 aliphatic heterocycles. The summed E-state index contributed by atoms with van der Waals surface area (Å²) in [7, 11) is 0. The summed E-state index contributed by atoms with van der Waals surface area (Å²) in [6.07, 6.45) is 1.74. The van der Waals surface area contributed by atoms with Crippen LogP contribution in [0, 0.1) is 0 Å². The molecule has 0 amide bonds. The largest absolute Gasteiger partial charge is 0.394 e. The number of rotatable bonds is 4. The average molecular weight is 193 g/mol. The lowest BCUT2D eigenvalue weighted by Gasteiger charge is -2.23. The Balaban J connectivity index is 2.85. The Morgan fingerprint density at radius 1 is 1.29 bits per heavy atom.